The van der Waals surface area contributed by atoms with Gasteiger partial charge in [-0.15, -0.1) is 0 Å². The van der Waals surface area contributed by atoms with Gasteiger partial charge in [0.2, 0.25) is 5.88 Å². The van der Waals surface area contributed by atoms with Gasteiger partial charge in [0.25, 0.3) is 11.5 Å². The van der Waals surface area contributed by atoms with Gasteiger partial charge < -0.3 is 15.5 Å². The first-order chi connectivity index (χ1) is 13.9. The Hall–Kier alpha value is -2.58. The number of hydrogen-bond donors (Lipinski definition) is 3. The van der Waals surface area contributed by atoms with Crippen molar-refractivity contribution < 1.29 is 19.8 Å². The smallest absolute Gasteiger partial charge is 0.334 e. The molecule has 1 aromatic rings. The third kappa shape index (κ3) is 3.47. The molecule has 4 rings (SSSR count). The van der Waals surface area contributed by atoms with Crippen LogP contribution in [0, 0.1) is 11.8 Å². The second-order valence-corrected chi connectivity index (χ2v) is 8.64. The molecule has 9 nitrogen and oxygen atoms in total. The molecule has 0 spiro atoms. The van der Waals surface area contributed by atoms with Gasteiger partial charge in [-0.25, -0.2) is 4.79 Å². The number of aromatic hydroxyl groups is 1. The van der Waals surface area contributed by atoms with Crippen molar-refractivity contribution in [2.75, 3.05) is 6.54 Å². The molecule has 3 aliphatic carbocycles. The monoisotopic (exact) mass is 405 g/mol. The molecule has 3 N–H and O–H groups in total. The van der Waals surface area contributed by atoms with Crippen molar-refractivity contribution in [1.82, 2.24) is 14.5 Å². The number of fused-ring (bicyclic) bond motifs is 2. The number of carbonyl (C=O) groups excluding carboxylic acids is 1. The van der Waals surface area contributed by atoms with Crippen LogP contribution in [0.2, 0.25) is 0 Å². The number of carboxylic acid groups (broad SMARTS) is 1. The van der Waals surface area contributed by atoms with Crippen LogP contribution in [0.4, 0.5) is 0 Å². The summed E-state index contributed by atoms with van der Waals surface area (Å²) in [5.41, 5.74) is -1.91. The maximum atomic E-state index is 13.4. The van der Waals surface area contributed by atoms with Crippen LogP contribution in [0.3, 0.4) is 0 Å². The normalized spacial score (nSPS) is 26.6. The Kier molecular flexibility index (Phi) is 5.23. The molecule has 3 fully saturated rings. The number of amides is 1. The summed E-state index contributed by atoms with van der Waals surface area (Å²) in [4.78, 5) is 49.9. The lowest BCUT2D eigenvalue weighted by Crippen LogP contribution is -2.48. The Bertz CT molecular complexity index is 943. The Morgan fingerprint density at radius 3 is 2.31 bits per heavy atom. The maximum Gasteiger partial charge on any atom is 0.334 e. The lowest BCUT2D eigenvalue weighted by Gasteiger charge is -2.29. The molecule has 3 atom stereocenters. The van der Waals surface area contributed by atoms with E-state index < -0.39 is 41.1 Å². The van der Waals surface area contributed by atoms with Crippen LogP contribution in [-0.2, 0) is 4.79 Å². The van der Waals surface area contributed by atoms with E-state index >= 15 is 0 Å². The predicted octanol–water partition coefficient (Wildman–Crippen LogP) is 1.40. The molecule has 9 heteroatoms. The molecule has 2 bridgehead atoms. The van der Waals surface area contributed by atoms with Gasteiger partial charge in [0.1, 0.15) is 6.54 Å². The van der Waals surface area contributed by atoms with Gasteiger partial charge in [-0.3, -0.25) is 23.5 Å². The average Bonchev–Trinajstić information content (AvgIpc) is 3.31. The predicted molar refractivity (Wildman–Crippen MR) is 103 cm³/mol. The van der Waals surface area contributed by atoms with Crippen LogP contribution >= 0.6 is 0 Å². The third-order valence-electron chi connectivity index (χ3n) is 6.90. The lowest BCUT2D eigenvalue weighted by molar-refractivity contribution is -0.135. The molecular weight excluding hydrogens is 378 g/mol. The molecule has 3 aliphatic rings. The van der Waals surface area contributed by atoms with E-state index in [1.54, 1.807) is 0 Å². The molecule has 0 aliphatic heterocycles. The van der Waals surface area contributed by atoms with Crippen LogP contribution in [-0.4, -0.2) is 37.8 Å². The SMILES string of the molecule is O=C(O)CNC(=O)c1c(O)n([C@@H]2C[C@H]3CC[C@@H]2C3)c(=O)n(C2CCCCC2)c1=O. The topological polar surface area (TPSA) is 131 Å². The molecule has 0 radical (unpaired) electrons. The van der Waals surface area contributed by atoms with E-state index in [1.807, 2.05) is 0 Å². The fourth-order valence-electron chi connectivity index (χ4n) is 5.56. The molecule has 1 heterocycles. The molecule has 3 saturated carbocycles. The van der Waals surface area contributed by atoms with Crippen LogP contribution < -0.4 is 16.6 Å². The molecule has 0 saturated heterocycles. The van der Waals surface area contributed by atoms with E-state index in [9.17, 15) is 24.3 Å². The highest BCUT2D eigenvalue weighted by Gasteiger charge is 2.43. The van der Waals surface area contributed by atoms with E-state index in [1.165, 1.54) is 4.57 Å². The summed E-state index contributed by atoms with van der Waals surface area (Å²) in [6, 6.07) is -0.539. The van der Waals surface area contributed by atoms with Crippen molar-refractivity contribution in [2.45, 2.75) is 69.9 Å². The van der Waals surface area contributed by atoms with E-state index in [2.05, 4.69) is 5.32 Å². The highest BCUT2D eigenvalue weighted by atomic mass is 16.4. The summed E-state index contributed by atoms with van der Waals surface area (Å²) >= 11 is 0. The van der Waals surface area contributed by atoms with Crippen molar-refractivity contribution in [1.29, 1.82) is 0 Å². The van der Waals surface area contributed by atoms with Gasteiger partial charge in [0, 0.05) is 12.1 Å². The summed E-state index contributed by atoms with van der Waals surface area (Å²) in [6.07, 6.45) is 7.97. The van der Waals surface area contributed by atoms with Gasteiger partial charge in [-0.1, -0.05) is 25.7 Å². The van der Waals surface area contributed by atoms with Crippen LogP contribution in [0.5, 0.6) is 5.88 Å². The van der Waals surface area contributed by atoms with Crippen molar-refractivity contribution in [3.63, 3.8) is 0 Å². The molecule has 29 heavy (non-hydrogen) atoms. The summed E-state index contributed by atoms with van der Waals surface area (Å²) < 4.78 is 2.38. The number of aliphatic carboxylic acids is 1. The van der Waals surface area contributed by atoms with E-state index in [4.69, 9.17) is 5.11 Å². The first-order valence-electron chi connectivity index (χ1n) is 10.5. The molecular formula is C20H27N3O6. The number of nitrogens with zero attached hydrogens (tertiary/aromatic N) is 2. The Labute approximate surface area is 167 Å². The van der Waals surface area contributed by atoms with E-state index in [0.717, 1.165) is 49.5 Å². The summed E-state index contributed by atoms with van der Waals surface area (Å²) in [7, 11) is 0. The van der Waals surface area contributed by atoms with E-state index in [-0.39, 0.29) is 18.0 Å². The van der Waals surface area contributed by atoms with Gasteiger partial charge in [0.05, 0.1) is 0 Å². The number of rotatable bonds is 5. The third-order valence-corrected chi connectivity index (χ3v) is 6.90. The maximum absolute atomic E-state index is 13.4. The van der Waals surface area contributed by atoms with Gasteiger partial charge in [-0.2, -0.15) is 0 Å². The summed E-state index contributed by atoms with van der Waals surface area (Å²) in [5, 5.41) is 21.8. The largest absolute Gasteiger partial charge is 0.494 e. The second-order valence-electron chi connectivity index (χ2n) is 8.64. The van der Waals surface area contributed by atoms with Crippen molar-refractivity contribution in [3.05, 3.63) is 26.4 Å². The van der Waals surface area contributed by atoms with Crippen LogP contribution in [0.15, 0.2) is 9.59 Å². The number of carbonyl (C=O) groups is 2. The minimum absolute atomic E-state index is 0.234. The number of nitrogens with one attached hydrogen (secondary N) is 1. The zero-order chi connectivity index (χ0) is 20.7. The quantitative estimate of drug-likeness (QED) is 0.679. The minimum atomic E-state index is -1.26. The fraction of sp³-hybridized carbons (Fsp3) is 0.700. The standard InChI is InChI=1S/C20H27N3O6/c24-15(25)10-21-17(26)16-18(27)22(13-4-2-1-3-5-13)20(29)23(19(16)28)14-9-11-6-7-12(14)8-11/h11-14,28H,1-10H2,(H,21,26)(H,24,25)/t11-,12+,14+/m0/s1. The molecule has 158 valence electrons. The minimum Gasteiger partial charge on any atom is -0.494 e. The fourth-order valence-corrected chi connectivity index (χ4v) is 5.56. The summed E-state index contributed by atoms with van der Waals surface area (Å²) in [6.45, 7) is -0.672. The number of aromatic nitrogens is 2. The summed E-state index contributed by atoms with van der Waals surface area (Å²) in [5.74, 6) is -2.11. The highest BCUT2D eigenvalue weighted by Crippen LogP contribution is 2.51. The Morgan fingerprint density at radius 1 is 1.00 bits per heavy atom. The first kappa shape index (κ1) is 19.7. The highest BCUT2D eigenvalue weighted by molar-refractivity contribution is 5.97. The number of carboxylic acids is 1. The molecule has 0 aromatic carbocycles. The van der Waals surface area contributed by atoms with E-state index in [0.29, 0.717) is 18.8 Å². The lowest BCUT2D eigenvalue weighted by atomic mass is 9.94. The average molecular weight is 405 g/mol. The number of hydrogen-bond acceptors (Lipinski definition) is 5. The molecule has 1 amide bonds. The zero-order valence-corrected chi connectivity index (χ0v) is 16.3. The second kappa shape index (κ2) is 7.68. The molecule has 1 aromatic heterocycles. The van der Waals surface area contributed by atoms with Crippen LogP contribution in [0.25, 0.3) is 0 Å². The first-order valence-corrected chi connectivity index (χ1v) is 10.5. The van der Waals surface area contributed by atoms with Gasteiger partial charge in [0.15, 0.2) is 5.56 Å². The van der Waals surface area contributed by atoms with Crippen molar-refractivity contribution >= 4 is 11.9 Å². The Morgan fingerprint density at radius 2 is 1.72 bits per heavy atom. The Balaban J connectivity index is 1.84. The van der Waals surface area contributed by atoms with Crippen molar-refractivity contribution in [2.24, 2.45) is 11.8 Å². The van der Waals surface area contributed by atoms with Crippen LogP contribution in [0.1, 0.15) is 80.2 Å². The van der Waals surface area contributed by atoms with Gasteiger partial charge >= 0.3 is 11.7 Å². The van der Waals surface area contributed by atoms with Crippen molar-refractivity contribution in [3.8, 4) is 5.88 Å². The zero-order valence-electron chi connectivity index (χ0n) is 16.3. The molecule has 0 unspecified atom stereocenters. The van der Waals surface area contributed by atoms with Gasteiger partial charge in [-0.05, 0) is 43.9 Å².